The molecule has 7 unspecified atom stereocenters. The summed E-state index contributed by atoms with van der Waals surface area (Å²) < 4.78 is 96.3. The first-order valence-corrected chi connectivity index (χ1v) is 21.3. The number of aromatic nitrogens is 1. The van der Waals surface area contributed by atoms with E-state index < -0.39 is 104 Å². The number of rotatable bonds is 9. The molecule has 1 aromatic carbocycles. The van der Waals surface area contributed by atoms with Crippen molar-refractivity contribution >= 4 is 44.4 Å². The average Bonchev–Trinajstić information content (AvgIpc) is 4.11. The Kier molecular flexibility index (Phi) is 10.8. The van der Waals surface area contributed by atoms with Gasteiger partial charge in [-0.2, -0.15) is 13.2 Å². The number of pyridine rings is 1. The second kappa shape index (κ2) is 15.0. The molecule has 4 fully saturated rings. The highest BCUT2D eigenvalue weighted by molar-refractivity contribution is 7.91. The standard InChI is InChI=1S/C40H49F4N5O8S/c1-5-23-16-22(2)8-6-7-9-24-19-39(24,36(53)48-58(54,55)37(3)12-13-37)47-32(50)29-18-26(57-33-28-17-25(41)10-11-27(28)30(56-4)20-45-33)21-49(29)34(51)31(23)46-35(52)38(14-15-38)40(42,43)44/h7,9-11,17,20,22-24,26,29,31H,5-6,8,12-16,18-19,21H2,1-4H3,(H,46,52)(H,47,50)(H,48,53). The average molecular weight is 836 g/mol. The van der Waals surface area contributed by atoms with Crippen LogP contribution < -0.4 is 24.8 Å². The number of hydrogen-bond acceptors (Lipinski definition) is 9. The predicted octanol–water partition coefficient (Wildman–Crippen LogP) is 4.83. The summed E-state index contributed by atoms with van der Waals surface area (Å²) in [4.78, 5) is 62.3. The number of hydrogen-bond donors (Lipinski definition) is 3. The molecule has 18 heteroatoms. The van der Waals surface area contributed by atoms with Gasteiger partial charge in [0.15, 0.2) is 0 Å². The summed E-state index contributed by atoms with van der Waals surface area (Å²) in [5.74, 6) is -5.41. The fourth-order valence-corrected chi connectivity index (χ4v) is 9.75. The molecule has 3 aliphatic carbocycles. The molecule has 316 valence electrons. The molecular formula is C40H49F4N5O8S. The smallest absolute Gasteiger partial charge is 0.403 e. The molecule has 2 aliphatic heterocycles. The number of methoxy groups -OCH3 is 1. The van der Waals surface area contributed by atoms with Crippen LogP contribution in [0.25, 0.3) is 10.8 Å². The van der Waals surface area contributed by atoms with Crippen molar-refractivity contribution in [2.75, 3.05) is 13.7 Å². The third-order valence-electron chi connectivity index (χ3n) is 12.9. The van der Waals surface area contributed by atoms with Gasteiger partial charge in [-0.1, -0.05) is 32.4 Å². The van der Waals surface area contributed by atoms with Crippen molar-refractivity contribution in [3.63, 3.8) is 0 Å². The Morgan fingerprint density at radius 3 is 2.45 bits per heavy atom. The summed E-state index contributed by atoms with van der Waals surface area (Å²) in [6.45, 7) is 4.95. The minimum absolute atomic E-state index is 0.0381. The van der Waals surface area contributed by atoms with Crippen LogP contribution in [0.3, 0.4) is 0 Å². The van der Waals surface area contributed by atoms with Gasteiger partial charge in [-0.15, -0.1) is 0 Å². The van der Waals surface area contributed by atoms with Crippen LogP contribution >= 0.6 is 0 Å². The first-order valence-electron chi connectivity index (χ1n) is 19.8. The number of sulfonamides is 1. The predicted molar refractivity (Wildman–Crippen MR) is 202 cm³/mol. The molecule has 58 heavy (non-hydrogen) atoms. The second-order valence-corrected chi connectivity index (χ2v) is 19.2. The van der Waals surface area contributed by atoms with Crippen LogP contribution in [0.15, 0.2) is 36.5 Å². The lowest BCUT2D eigenvalue weighted by Gasteiger charge is -2.35. The van der Waals surface area contributed by atoms with Crippen molar-refractivity contribution in [1.29, 1.82) is 0 Å². The SMILES string of the molecule is CCC1CC(C)CCC=CC2CC2(C(=O)NS(=O)(=O)C2(C)CC2)NC(=O)C2CC(Oc3ncc(OC)c4ccc(F)cc34)CN2C(=O)C1NC(=O)C1(C(F)(F)F)CC1. The van der Waals surface area contributed by atoms with Crippen LogP contribution in [0.5, 0.6) is 11.6 Å². The molecule has 13 nitrogen and oxygen atoms in total. The number of fused-ring (bicyclic) bond motifs is 3. The summed E-state index contributed by atoms with van der Waals surface area (Å²) in [6.07, 6.45) is 0.742. The van der Waals surface area contributed by atoms with Gasteiger partial charge in [0.2, 0.25) is 33.6 Å². The minimum Gasteiger partial charge on any atom is -0.494 e. The molecule has 0 spiro atoms. The van der Waals surface area contributed by atoms with Crippen LogP contribution in [0, 0.1) is 29.0 Å². The largest absolute Gasteiger partial charge is 0.494 e. The molecule has 7 atom stereocenters. The zero-order valence-electron chi connectivity index (χ0n) is 32.8. The van der Waals surface area contributed by atoms with E-state index in [1.807, 2.05) is 13.0 Å². The quantitative estimate of drug-likeness (QED) is 0.236. The third-order valence-corrected chi connectivity index (χ3v) is 15.1. The van der Waals surface area contributed by atoms with Gasteiger partial charge in [-0.25, -0.2) is 17.8 Å². The lowest BCUT2D eigenvalue weighted by atomic mass is 9.84. The molecule has 7 rings (SSSR count). The Balaban J connectivity index is 1.26. The van der Waals surface area contributed by atoms with E-state index in [4.69, 9.17) is 9.47 Å². The van der Waals surface area contributed by atoms with Gasteiger partial charge in [0, 0.05) is 17.7 Å². The van der Waals surface area contributed by atoms with Gasteiger partial charge in [-0.3, -0.25) is 23.9 Å². The molecule has 0 bridgehead atoms. The molecule has 3 N–H and O–H groups in total. The highest BCUT2D eigenvalue weighted by Gasteiger charge is 2.69. The first-order chi connectivity index (χ1) is 27.3. The lowest BCUT2D eigenvalue weighted by Crippen LogP contribution is -2.60. The molecule has 1 saturated heterocycles. The van der Waals surface area contributed by atoms with E-state index in [-0.39, 0.29) is 36.6 Å². The number of carbonyl (C=O) groups excluding carboxylic acids is 4. The van der Waals surface area contributed by atoms with Crippen molar-refractivity contribution in [1.82, 2.24) is 25.2 Å². The zero-order valence-corrected chi connectivity index (χ0v) is 33.6. The summed E-state index contributed by atoms with van der Waals surface area (Å²) in [7, 11) is -2.68. The fourth-order valence-electron chi connectivity index (χ4n) is 8.44. The zero-order chi connectivity index (χ0) is 42.0. The molecule has 2 aromatic rings. The molecule has 3 saturated carbocycles. The van der Waals surface area contributed by atoms with Crippen molar-refractivity contribution < 1.29 is 54.6 Å². The van der Waals surface area contributed by atoms with E-state index in [0.717, 1.165) is 4.90 Å². The van der Waals surface area contributed by atoms with Crippen LogP contribution in [-0.4, -0.2) is 90.2 Å². The number of allylic oxidation sites excluding steroid dienone is 1. The van der Waals surface area contributed by atoms with E-state index in [1.165, 1.54) is 38.4 Å². The number of alkyl halides is 3. The van der Waals surface area contributed by atoms with Gasteiger partial charge in [0.1, 0.15) is 40.7 Å². The number of amides is 4. The van der Waals surface area contributed by atoms with E-state index in [2.05, 4.69) is 20.3 Å². The van der Waals surface area contributed by atoms with E-state index >= 15 is 0 Å². The number of nitrogens with one attached hydrogen (secondary N) is 3. The van der Waals surface area contributed by atoms with E-state index in [9.17, 15) is 45.2 Å². The van der Waals surface area contributed by atoms with Gasteiger partial charge in [-0.05, 0) is 88.3 Å². The van der Waals surface area contributed by atoms with Crippen LogP contribution in [0.4, 0.5) is 17.6 Å². The highest BCUT2D eigenvalue weighted by atomic mass is 32.2. The fraction of sp³-hybridized carbons (Fsp3) is 0.625. The van der Waals surface area contributed by atoms with Crippen molar-refractivity contribution in [2.24, 2.45) is 23.2 Å². The maximum absolute atomic E-state index is 14.9. The van der Waals surface area contributed by atoms with Gasteiger partial charge in [0.25, 0.3) is 5.91 Å². The number of carbonyl (C=O) groups is 4. The molecule has 5 aliphatic rings. The van der Waals surface area contributed by atoms with Crippen molar-refractivity contribution in [2.45, 2.75) is 120 Å². The molecule has 3 heterocycles. The summed E-state index contributed by atoms with van der Waals surface area (Å²) in [5.41, 5.74) is -4.30. The van der Waals surface area contributed by atoms with Crippen LogP contribution in [0.1, 0.15) is 85.0 Å². The normalized spacial score (nSPS) is 30.5. The maximum atomic E-state index is 14.9. The Bertz CT molecular complexity index is 2140. The second-order valence-electron chi connectivity index (χ2n) is 17.0. The maximum Gasteiger partial charge on any atom is 0.403 e. The third kappa shape index (κ3) is 7.60. The van der Waals surface area contributed by atoms with E-state index in [1.54, 1.807) is 13.0 Å². The summed E-state index contributed by atoms with van der Waals surface area (Å²) >= 11 is 0. The number of halogens is 4. The van der Waals surface area contributed by atoms with Gasteiger partial charge in [0.05, 0.1) is 30.0 Å². The monoisotopic (exact) mass is 835 g/mol. The van der Waals surface area contributed by atoms with E-state index in [0.29, 0.717) is 49.7 Å². The van der Waals surface area contributed by atoms with Crippen LogP contribution in [-0.2, 0) is 29.2 Å². The number of nitrogens with zero attached hydrogens (tertiary/aromatic N) is 2. The van der Waals surface area contributed by atoms with Crippen LogP contribution in [0.2, 0.25) is 0 Å². The molecule has 0 radical (unpaired) electrons. The van der Waals surface area contributed by atoms with Crippen molar-refractivity contribution in [3.8, 4) is 11.6 Å². The van der Waals surface area contributed by atoms with Gasteiger partial charge < -0.3 is 25.0 Å². The summed E-state index contributed by atoms with van der Waals surface area (Å²) in [6, 6.07) is 1.06. The first kappa shape index (κ1) is 41.7. The number of ether oxygens (including phenoxy) is 2. The van der Waals surface area contributed by atoms with Gasteiger partial charge >= 0.3 is 6.18 Å². The Morgan fingerprint density at radius 1 is 1.09 bits per heavy atom. The molecule has 4 amide bonds. The minimum atomic E-state index is -4.84. The topological polar surface area (TPSA) is 173 Å². The number of benzene rings is 1. The Labute approximate surface area is 334 Å². The summed E-state index contributed by atoms with van der Waals surface area (Å²) in [5, 5.41) is 5.95. The Hall–Kier alpha value is -4.48. The lowest BCUT2D eigenvalue weighted by molar-refractivity contribution is -0.193. The van der Waals surface area contributed by atoms with Crippen molar-refractivity contribution in [3.05, 3.63) is 42.4 Å². The molecular weight excluding hydrogens is 787 g/mol. The highest BCUT2D eigenvalue weighted by Crippen LogP contribution is 2.58. The Morgan fingerprint density at radius 2 is 1.81 bits per heavy atom. The molecule has 1 aromatic heterocycles.